The van der Waals surface area contributed by atoms with Crippen molar-refractivity contribution in [1.29, 1.82) is 0 Å². The fraction of sp³-hybridized carbons (Fsp3) is 1.00. The van der Waals surface area contributed by atoms with Gasteiger partial charge in [0.25, 0.3) is 0 Å². The molecule has 0 aromatic heterocycles. The van der Waals surface area contributed by atoms with Gasteiger partial charge in [-0.3, -0.25) is 0 Å². The maximum Gasteiger partial charge on any atom is -1.00 e. The van der Waals surface area contributed by atoms with Gasteiger partial charge in [-0.2, -0.15) is 0 Å². The normalized spacial score (nSPS) is 12.9. The third-order valence-electron chi connectivity index (χ3n) is 4.49. The fourth-order valence-electron chi connectivity index (χ4n) is 3.34. The first-order valence-corrected chi connectivity index (χ1v) is 13.5. The molecular weight excluding hydrogens is 317 g/mol. The van der Waals surface area contributed by atoms with E-state index >= 15 is 0 Å². The van der Waals surface area contributed by atoms with Crippen LogP contribution in [-0.2, 0) is 0 Å². The van der Waals surface area contributed by atoms with Crippen molar-refractivity contribution in [3.05, 3.63) is 0 Å². The van der Waals surface area contributed by atoms with E-state index in [2.05, 4.69) is 65.2 Å². The zero-order valence-electron chi connectivity index (χ0n) is 18.2. The van der Waals surface area contributed by atoms with Crippen molar-refractivity contribution in [3.8, 4) is 0 Å². The van der Waals surface area contributed by atoms with E-state index in [1.165, 1.54) is 25.9 Å². The Balaban J connectivity index is -0.00000200. The second kappa shape index (κ2) is 12.0. The summed E-state index contributed by atoms with van der Waals surface area (Å²) in [4.78, 5) is 5.28. The Kier molecular flexibility index (Phi) is 12.2. The van der Waals surface area contributed by atoms with Gasteiger partial charge in [0.1, 0.15) is 0 Å². The van der Waals surface area contributed by atoms with Gasteiger partial charge < -0.3 is 2.85 Å². The molecule has 0 radical (unpaired) electrons. The minimum Gasteiger partial charge on any atom is -1.00 e. The maximum absolute atomic E-state index is 2.64. The SMILES string of the molecule is CC(C)N(CC[CH2][GeH2][CH2]CCN(C(C)C)C(C)C)C(C)C.[H-].[H-]. The average Bonchev–Trinajstić information content (AvgIpc) is 2.34. The van der Waals surface area contributed by atoms with Crippen molar-refractivity contribution in [2.45, 2.75) is 103 Å². The van der Waals surface area contributed by atoms with Crippen LogP contribution in [0.25, 0.3) is 0 Å². The third-order valence-corrected chi connectivity index (χ3v) is 8.68. The fourth-order valence-corrected chi connectivity index (χ4v) is 6.51. The average molecular weight is 361 g/mol. The van der Waals surface area contributed by atoms with Crippen LogP contribution >= 0.6 is 0 Å². The van der Waals surface area contributed by atoms with Crippen molar-refractivity contribution in [3.63, 3.8) is 0 Å². The van der Waals surface area contributed by atoms with Gasteiger partial charge in [-0.15, -0.1) is 0 Å². The quantitative estimate of drug-likeness (QED) is 0.379. The summed E-state index contributed by atoms with van der Waals surface area (Å²) in [6.07, 6.45) is 2.88. The standard InChI is InChI=1S/C18H42GeN2.2H/c1-15(2)20(16(3)4)13-9-11-19-12-10-14-21(17(5)6)18(7)8;;/h15-18H,9-14,19H2,1-8H3;;/q;2*-1. The Hall–Kier alpha value is 0.463. The van der Waals surface area contributed by atoms with Crippen molar-refractivity contribution in [2.75, 3.05) is 13.1 Å². The Morgan fingerprint density at radius 3 is 1.14 bits per heavy atom. The van der Waals surface area contributed by atoms with Crippen LogP contribution in [0.15, 0.2) is 0 Å². The monoisotopic (exact) mass is 362 g/mol. The Bertz CT molecular complexity index is 209. The van der Waals surface area contributed by atoms with Crippen LogP contribution in [0, 0.1) is 0 Å². The zero-order valence-corrected chi connectivity index (χ0v) is 19.1. The second-order valence-electron chi connectivity index (χ2n) is 7.62. The van der Waals surface area contributed by atoms with Gasteiger partial charge in [0.15, 0.2) is 0 Å². The first-order valence-electron chi connectivity index (χ1n) is 9.28. The Morgan fingerprint density at radius 2 is 0.905 bits per heavy atom. The smallest absolute Gasteiger partial charge is 1.00 e. The molecule has 0 spiro atoms. The van der Waals surface area contributed by atoms with E-state index in [0.29, 0.717) is 24.2 Å². The number of hydrogen-bond donors (Lipinski definition) is 0. The van der Waals surface area contributed by atoms with Gasteiger partial charge in [-0.1, -0.05) is 0 Å². The molecule has 3 heteroatoms. The molecule has 0 aromatic rings. The molecule has 0 aromatic carbocycles. The molecule has 0 rings (SSSR count). The van der Waals surface area contributed by atoms with Gasteiger partial charge in [0.05, 0.1) is 0 Å². The summed E-state index contributed by atoms with van der Waals surface area (Å²) < 4.78 is 0. The summed E-state index contributed by atoms with van der Waals surface area (Å²) in [5, 5.41) is 3.15. The largest absolute Gasteiger partial charge is 1.00 e. The van der Waals surface area contributed by atoms with Gasteiger partial charge in [0.2, 0.25) is 0 Å². The van der Waals surface area contributed by atoms with Crippen LogP contribution in [-0.4, -0.2) is 62.5 Å². The molecular formula is C18H44GeN2-2. The van der Waals surface area contributed by atoms with E-state index in [9.17, 15) is 0 Å². The minimum atomic E-state index is -0.254. The summed E-state index contributed by atoms with van der Waals surface area (Å²) in [5.41, 5.74) is 0. The van der Waals surface area contributed by atoms with E-state index in [0.717, 1.165) is 0 Å². The van der Waals surface area contributed by atoms with Crippen molar-refractivity contribution in [2.24, 2.45) is 0 Å². The number of hydrogen-bond acceptors (Lipinski definition) is 2. The molecule has 0 aliphatic heterocycles. The zero-order chi connectivity index (χ0) is 16.4. The summed E-state index contributed by atoms with van der Waals surface area (Å²) in [5.74, 6) is 0. The third kappa shape index (κ3) is 9.96. The molecule has 0 heterocycles. The van der Waals surface area contributed by atoms with Crippen molar-refractivity contribution < 1.29 is 2.85 Å². The van der Waals surface area contributed by atoms with Crippen molar-refractivity contribution >= 4 is 15.4 Å². The van der Waals surface area contributed by atoms with E-state index in [4.69, 9.17) is 0 Å². The van der Waals surface area contributed by atoms with Crippen LogP contribution in [0.3, 0.4) is 0 Å². The first kappa shape index (κ1) is 21.5. The van der Waals surface area contributed by atoms with Crippen LogP contribution < -0.4 is 0 Å². The molecule has 0 atom stereocenters. The van der Waals surface area contributed by atoms with E-state index < -0.39 is 0 Å². The maximum atomic E-state index is 2.64. The molecule has 2 nitrogen and oxygen atoms in total. The van der Waals surface area contributed by atoms with E-state index in [1.807, 2.05) is 0 Å². The van der Waals surface area contributed by atoms with E-state index in [1.54, 1.807) is 10.5 Å². The molecule has 0 aliphatic rings. The Morgan fingerprint density at radius 1 is 0.619 bits per heavy atom. The molecule has 0 aliphatic carbocycles. The molecule has 0 amide bonds. The molecule has 0 unspecified atom stereocenters. The number of rotatable bonds is 12. The molecule has 132 valence electrons. The Labute approximate surface area is 144 Å². The predicted octanol–water partition coefficient (Wildman–Crippen LogP) is 4.23. The number of nitrogens with zero attached hydrogens (tertiary/aromatic N) is 2. The van der Waals surface area contributed by atoms with E-state index in [-0.39, 0.29) is 18.3 Å². The summed E-state index contributed by atoms with van der Waals surface area (Å²) in [6.45, 7) is 21.2. The van der Waals surface area contributed by atoms with Gasteiger partial charge in [-0.05, 0) is 0 Å². The first-order chi connectivity index (χ1) is 9.77. The molecule has 0 fully saturated rings. The van der Waals surface area contributed by atoms with Crippen molar-refractivity contribution in [1.82, 2.24) is 9.80 Å². The molecule has 0 saturated carbocycles. The second-order valence-corrected chi connectivity index (χ2v) is 12.1. The summed E-state index contributed by atoms with van der Waals surface area (Å²) in [6, 6.07) is 2.79. The minimum absolute atomic E-state index is 0. The molecule has 21 heavy (non-hydrogen) atoms. The molecule has 0 N–H and O–H groups in total. The van der Waals surface area contributed by atoms with Crippen LogP contribution in [0.4, 0.5) is 0 Å². The van der Waals surface area contributed by atoms with Crippen LogP contribution in [0.5, 0.6) is 0 Å². The predicted molar refractivity (Wildman–Crippen MR) is 104 cm³/mol. The molecule has 0 saturated heterocycles. The van der Waals surface area contributed by atoms with Gasteiger partial charge >= 0.3 is 141 Å². The van der Waals surface area contributed by atoms with Gasteiger partial charge in [-0.25, -0.2) is 0 Å². The topological polar surface area (TPSA) is 6.48 Å². The van der Waals surface area contributed by atoms with Crippen LogP contribution in [0.1, 0.15) is 71.1 Å². The van der Waals surface area contributed by atoms with Crippen LogP contribution in [0.2, 0.25) is 10.5 Å². The summed E-state index contributed by atoms with van der Waals surface area (Å²) in [7, 11) is 0. The summed E-state index contributed by atoms with van der Waals surface area (Å²) >= 11 is -0.254. The molecule has 0 bridgehead atoms. The van der Waals surface area contributed by atoms with Gasteiger partial charge in [0, 0.05) is 0 Å².